The van der Waals surface area contributed by atoms with Crippen LogP contribution in [0.2, 0.25) is 0 Å². The Labute approximate surface area is 144 Å². The van der Waals surface area contributed by atoms with Gasteiger partial charge in [-0.15, -0.1) is 14.5 Å². The lowest BCUT2D eigenvalue weighted by atomic mass is 10.0. The van der Waals surface area contributed by atoms with Gasteiger partial charge in [-0.3, -0.25) is 4.55 Å². The molecule has 4 rings (SSSR count). The number of piperidine rings is 1. The molecule has 2 bridgehead atoms. The molecule has 3 heterocycles. The number of urea groups is 1. The number of fused-ring (bicyclic) bond motifs is 2. The summed E-state index contributed by atoms with van der Waals surface area (Å²) in [6.45, 7) is 0.269. The third-order valence-corrected chi connectivity index (χ3v) is 5.41. The van der Waals surface area contributed by atoms with Gasteiger partial charge in [0.15, 0.2) is 0 Å². The second-order valence-corrected chi connectivity index (χ2v) is 7.76. The van der Waals surface area contributed by atoms with Gasteiger partial charge >= 0.3 is 16.4 Å². The predicted octanol–water partition coefficient (Wildman–Crippen LogP) is 0.340. The second-order valence-electron chi connectivity index (χ2n) is 6.76. The number of rotatable bonds is 4. The number of hydrogen-bond acceptors (Lipinski definition) is 8. The number of amides is 2. The molecule has 1 aromatic heterocycles. The van der Waals surface area contributed by atoms with Gasteiger partial charge in [-0.1, -0.05) is 0 Å². The minimum Gasteiger partial charge on any atom is -0.423 e. The average Bonchev–Trinajstić information content (AvgIpc) is 3.23. The molecule has 1 aliphatic carbocycles. The van der Waals surface area contributed by atoms with Crippen LogP contribution in [0.1, 0.15) is 55.8 Å². The summed E-state index contributed by atoms with van der Waals surface area (Å²) in [5.74, 6) is 1.000. The van der Waals surface area contributed by atoms with Gasteiger partial charge in [0.25, 0.3) is 0 Å². The summed E-state index contributed by atoms with van der Waals surface area (Å²) in [7, 11) is -4.76. The summed E-state index contributed by atoms with van der Waals surface area (Å²) in [6, 6.07) is -1.38. The Morgan fingerprint density at radius 3 is 2.64 bits per heavy atom. The van der Waals surface area contributed by atoms with Gasteiger partial charge in [0, 0.05) is 18.5 Å². The molecule has 4 atom stereocenters. The maximum Gasteiger partial charge on any atom is 0.418 e. The SMILES string of the molecule is N[C@@H]1CC[C@H](c2nnc(C3CCC4CN3C(=O)N4OS(=O)(=O)O)o2)C1. The van der Waals surface area contributed by atoms with E-state index >= 15 is 0 Å². The Balaban J connectivity index is 1.51. The molecule has 3 fully saturated rings. The maximum atomic E-state index is 12.4. The van der Waals surface area contributed by atoms with Crippen LogP contribution in [0.3, 0.4) is 0 Å². The van der Waals surface area contributed by atoms with E-state index in [4.69, 9.17) is 14.7 Å². The molecule has 0 aromatic carbocycles. The molecule has 0 spiro atoms. The summed E-state index contributed by atoms with van der Waals surface area (Å²) in [5.41, 5.74) is 5.91. The van der Waals surface area contributed by atoms with E-state index in [1.807, 2.05) is 0 Å². The Kier molecular flexibility index (Phi) is 3.94. The maximum absolute atomic E-state index is 12.4. The lowest BCUT2D eigenvalue weighted by Gasteiger charge is -2.27. The first kappa shape index (κ1) is 16.7. The zero-order valence-electron chi connectivity index (χ0n) is 13.3. The number of carbonyl (C=O) groups is 1. The molecule has 138 valence electrons. The third-order valence-electron chi connectivity index (χ3n) is 5.06. The van der Waals surface area contributed by atoms with Crippen LogP contribution >= 0.6 is 0 Å². The molecule has 3 aliphatic rings. The molecule has 2 aliphatic heterocycles. The summed E-state index contributed by atoms with van der Waals surface area (Å²) >= 11 is 0. The molecule has 1 aromatic rings. The fourth-order valence-electron chi connectivity index (χ4n) is 3.88. The largest absolute Gasteiger partial charge is 0.423 e. The highest BCUT2D eigenvalue weighted by Gasteiger charge is 2.49. The zero-order valence-corrected chi connectivity index (χ0v) is 14.1. The molecule has 2 saturated heterocycles. The van der Waals surface area contributed by atoms with E-state index in [9.17, 15) is 13.2 Å². The van der Waals surface area contributed by atoms with Crippen molar-refractivity contribution < 1.29 is 26.5 Å². The van der Waals surface area contributed by atoms with Gasteiger partial charge in [-0.25, -0.2) is 4.79 Å². The second kappa shape index (κ2) is 5.90. The highest BCUT2D eigenvalue weighted by molar-refractivity contribution is 7.80. The number of hydroxylamine groups is 2. The first-order chi connectivity index (χ1) is 11.8. The van der Waals surface area contributed by atoms with Crippen LogP contribution in [0.15, 0.2) is 4.42 Å². The predicted molar refractivity (Wildman–Crippen MR) is 81.2 cm³/mol. The Hall–Kier alpha value is -1.76. The molecule has 12 heteroatoms. The van der Waals surface area contributed by atoms with Crippen molar-refractivity contribution in [3.63, 3.8) is 0 Å². The number of nitrogens with two attached hydrogens (primary N) is 1. The number of carbonyl (C=O) groups excluding carboxylic acids is 1. The molecular weight excluding hydrogens is 354 g/mol. The van der Waals surface area contributed by atoms with E-state index in [1.54, 1.807) is 0 Å². The van der Waals surface area contributed by atoms with Crippen molar-refractivity contribution in [3.05, 3.63) is 11.8 Å². The van der Waals surface area contributed by atoms with E-state index in [2.05, 4.69) is 14.5 Å². The van der Waals surface area contributed by atoms with Crippen molar-refractivity contribution >= 4 is 16.4 Å². The van der Waals surface area contributed by atoms with Gasteiger partial charge in [0.2, 0.25) is 11.8 Å². The standard InChI is InChI=1S/C13H19N5O6S/c14-8-2-1-7(5-8)11-15-16-12(23-11)10-4-3-9-6-17(10)13(19)18(9)24-25(20,21)22/h7-10H,1-6,14H2,(H,20,21,22)/t7-,8+,9?,10?/m0/s1. The quantitative estimate of drug-likeness (QED) is 0.711. The molecule has 0 radical (unpaired) electrons. The third kappa shape index (κ3) is 3.10. The molecule has 2 unspecified atom stereocenters. The van der Waals surface area contributed by atoms with Crippen molar-refractivity contribution in [2.24, 2.45) is 5.73 Å². The summed E-state index contributed by atoms with van der Waals surface area (Å²) < 4.78 is 40.9. The Bertz CT molecular complexity index is 782. The van der Waals surface area contributed by atoms with Crippen LogP contribution in [0.5, 0.6) is 0 Å². The fourth-order valence-corrected chi connectivity index (χ4v) is 4.26. The fraction of sp³-hybridized carbons (Fsp3) is 0.769. The molecule has 25 heavy (non-hydrogen) atoms. The van der Waals surface area contributed by atoms with Crippen LogP contribution in [-0.2, 0) is 14.7 Å². The lowest BCUT2D eigenvalue weighted by molar-refractivity contribution is -0.0317. The molecule has 3 N–H and O–H groups in total. The van der Waals surface area contributed by atoms with Crippen LogP contribution in [-0.4, -0.2) is 57.8 Å². The highest BCUT2D eigenvalue weighted by Crippen LogP contribution is 2.40. The van der Waals surface area contributed by atoms with Crippen molar-refractivity contribution in [1.82, 2.24) is 20.2 Å². The van der Waals surface area contributed by atoms with Crippen LogP contribution < -0.4 is 5.73 Å². The summed E-state index contributed by atoms with van der Waals surface area (Å²) in [6.07, 6.45) is 3.64. The van der Waals surface area contributed by atoms with Crippen molar-refractivity contribution in [3.8, 4) is 0 Å². The highest BCUT2D eigenvalue weighted by atomic mass is 32.3. The smallest absolute Gasteiger partial charge is 0.418 e. The summed E-state index contributed by atoms with van der Waals surface area (Å²) in [5, 5.41) is 8.88. The molecule has 11 nitrogen and oxygen atoms in total. The van der Waals surface area contributed by atoms with E-state index in [0.29, 0.717) is 29.7 Å². The van der Waals surface area contributed by atoms with Crippen LogP contribution in [0, 0.1) is 0 Å². The molecule has 1 saturated carbocycles. The van der Waals surface area contributed by atoms with Gasteiger partial charge in [-0.05, 0) is 32.1 Å². The molecule has 2 amide bonds. The van der Waals surface area contributed by atoms with E-state index < -0.39 is 28.5 Å². The Morgan fingerprint density at radius 2 is 1.96 bits per heavy atom. The minimum absolute atomic E-state index is 0.140. The van der Waals surface area contributed by atoms with Crippen molar-refractivity contribution in [2.45, 2.75) is 56.1 Å². The monoisotopic (exact) mass is 373 g/mol. The zero-order chi connectivity index (χ0) is 17.8. The van der Waals surface area contributed by atoms with Gasteiger partial charge in [0.05, 0.1) is 6.04 Å². The first-order valence-electron chi connectivity index (χ1n) is 8.17. The van der Waals surface area contributed by atoms with Gasteiger partial charge in [0.1, 0.15) is 6.04 Å². The van der Waals surface area contributed by atoms with E-state index in [-0.39, 0.29) is 18.5 Å². The van der Waals surface area contributed by atoms with Crippen LogP contribution in [0.4, 0.5) is 4.79 Å². The van der Waals surface area contributed by atoms with Gasteiger partial charge < -0.3 is 15.1 Å². The minimum atomic E-state index is -4.76. The van der Waals surface area contributed by atoms with Crippen molar-refractivity contribution in [2.75, 3.05) is 6.54 Å². The topological polar surface area (TPSA) is 152 Å². The summed E-state index contributed by atoms with van der Waals surface area (Å²) in [4.78, 5) is 13.8. The van der Waals surface area contributed by atoms with E-state index in [0.717, 1.165) is 19.3 Å². The van der Waals surface area contributed by atoms with E-state index in [1.165, 1.54) is 4.90 Å². The van der Waals surface area contributed by atoms with Gasteiger partial charge in [-0.2, -0.15) is 13.5 Å². The number of aromatic nitrogens is 2. The first-order valence-corrected chi connectivity index (χ1v) is 9.54. The molecular formula is C13H19N5O6S. The number of nitrogens with zero attached hydrogens (tertiary/aromatic N) is 4. The normalized spacial score (nSPS) is 32.6. The number of hydrogen-bond donors (Lipinski definition) is 2. The van der Waals surface area contributed by atoms with Crippen LogP contribution in [0.25, 0.3) is 0 Å². The Morgan fingerprint density at radius 1 is 1.20 bits per heavy atom. The average molecular weight is 373 g/mol. The van der Waals surface area contributed by atoms with Crippen molar-refractivity contribution in [1.29, 1.82) is 0 Å². The lowest BCUT2D eigenvalue weighted by Crippen LogP contribution is -2.35.